The molecule has 0 amide bonds. The minimum atomic E-state index is -5.74. The van der Waals surface area contributed by atoms with E-state index in [1.807, 2.05) is 0 Å². The second-order valence-electron chi connectivity index (χ2n) is 13.9. The molecule has 0 aliphatic carbocycles. The first-order valence-electron chi connectivity index (χ1n) is 19.1. The van der Waals surface area contributed by atoms with Crippen molar-refractivity contribution in [1.82, 2.24) is 15.0 Å². The summed E-state index contributed by atoms with van der Waals surface area (Å²) in [4.78, 5) is 9.74. The van der Waals surface area contributed by atoms with Crippen LogP contribution < -0.4 is 89.0 Å². The molecule has 74 heavy (non-hydrogen) atoms. The number of ether oxygens (including phenoxy) is 2. The molecule has 6 aromatic rings. The molecule has 37 heteroatoms. The Kier molecular flexibility index (Phi) is 21.8. The number of halogens is 1. The minimum Gasteiger partial charge on any atom is -0.871 e. The van der Waals surface area contributed by atoms with E-state index in [4.69, 9.17) is 21.1 Å². The van der Waals surface area contributed by atoms with Crippen molar-refractivity contribution >= 4 is 119 Å². The molecule has 0 spiro atoms. The summed E-state index contributed by atoms with van der Waals surface area (Å²) in [6, 6.07) is 11.8. The summed E-state index contributed by atoms with van der Waals surface area (Å²) in [5.41, 5.74) is -3.03. The van der Waals surface area contributed by atoms with Gasteiger partial charge in [-0.05, 0) is 66.4 Å². The van der Waals surface area contributed by atoms with Crippen molar-refractivity contribution in [2.24, 2.45) is 20.5 Å². The van der Waals surface area contributed by atoms with E-state index in [1.54, 1.807) is 6.92 Å². The number of azo groups is 2. The van der Waals surface area contributed by atoms with Gasteiger partial charge < -0.3 is 39.0 Å². The fourth-order valence-electron chi connectivity index (χ4n) is 6.29. The summed E-state index contributed by atoms with van der Waals surface area (Å²) in [5.74, 6) is -4.11. The van der Waals surface area contributed by atoms with Crippen molar-refractivity contribution in [3.8, 4) is 23.0 Å². The Balaban J connectivity index is 0.00000481. The standard InChI is InChI=1S/C37H34ClN9O19S5.Cu.2Na/c1-4-47(19-6-5-7-20(14-19)67(50,51)13-12-66-71(61,62)63)37-41-35(38)40-36(42-37)39-24-10-9-22-23(34(24)70(58,59)60)16-31(69(55,56)57)32(33(22)49)46-44-26-18-30(65-3)29(64-2)17-25(26)43-45-27-15-21(68(52,53)54)8-11-28(27)48;;;/h5-11,14-18,48-49H,4,12-13H2,1-3H3,(H,52,53,54)(H,55,56,57)(H,58,59,60)(H,61,62,63)(H,39,40,41,42);;;/q;+2;2*+1/p-4. The molecule has 1 heterocycles. The number of nitrogens with zero attached hydrogens (tertiary/aromatic N) is 8. The van der Waals surface area contributed by atoms with Crippen LogP contribution in [0.15, 0.2) is 113 Å². The number of rotatable bonds is 19. The Hall–Kier alpha value is -4.27. The van der Waals surface area contributed by atoms with Crippen LogP contribution in [0.25, 0.3) is 10.8 Å². The van der Waals surface area contributed by atoms with Gasteiger partial charge in [0.05, 0.1) is 58.3 Å². The van der Waals surface area contributed by atoms with Crippen LogP contribution in [-0.2, 0) is 71.8 Å². The van der Waals surface area contributed by atoms with E-state index in [9.17, 15) is 70.5 Å². The molecular weight excluding hydrogens is 1180 g/mol. The predicted molar refractivity (Wildman–Crippen MR) is 240 cm³/mol. The van der Waals surface area contributed by atoms with E-state index in [0.717, 1.165) is 42.5 Å². The van der Waals surface area contributed by atoms with Gasteiger partial charge in [0, 0.05) is 29.8 Å². The fourth-order valence-corrected chi connectivity index (χ4v) is 9.93. The molecule has 0 atom stereocenters. The third-order valence-corrected chi connectivity index (χ3v) is 14.4. The summed E-state index contributed by atoms with van der Waals surface area (Å²) in [7, 11) is -23.1. The first-order chi connectivity index (χ1) is 33.0. The van der Waals surface area contributed by atoms with E-state index in [2.05, 4.69) is 44.9 Å². The SMILES string of the molecule is CCN(c1cccc(S(=O)(=O)CCOS(=O)(=O)[O-])c1)c1nc(Cl)nc(Nc2ccc3c([O-])c(N=Nc4cc(OC)c(OC)cc4N=Nc4cc(S(=O)(=O)O)ccc4[O-])c(S(=O)(=O)O)cc3c2S(=O)(=O)[O-])n1.[Cu+2].[Na+].[Na+]. The molecule has 28 nitrogen and oxygen atoms in total. The molecule has 0 aliphatic rings. The van der Waals surface area contributed by atoms with Crippen LogP contribution in [0.1, 0.15) is 6.92 Å². The molecule has 1 radical (unpaired) electrons. The Labute approximate surface area is 480 Å². The molecule has 1 aromatic heterocycles. The Morgan fingerprint density at radius 1 is 0.716 bits per heavy atom. The number of hydrogen-bond donors (Lipinski definition) is 3. The number of aromatic nitrogens is 3. The molecule has 0 saturated heterocycles. The van der Waals surface area contributed by atoms with Gasteiger partial charge in [0.15, 0.2) is 21.3 Å². The van der Waals surface area contributed by atoms with Gasteiger partial charge in [-0.25, -0.2) is 25.3 Å². The summed E-state index contributed by atoms with van der Waals surface area (Å²) < 4.78 is 181. The second kappa shape index (κ2) is 25.3. The third kappa shape index (κ3) is 15.4. The quantitative estimate of drug-likeness (QED) is 0.0349. The second-order valence-corrected chi connectivity index (χ2v) is 21.5. The number of nitrogens with one attached hydrogen (secondary N) is 1. The Morgan fingerprint density at radius 2 is 1.32 bits per heavy atom. The molecule has 0 bridgehead atoms. The summed E-state index contributed by atoms with van der Waals surface area (Å²) in [5, 5.41) is 42.1. The van der Waals surface area contributed by atoms with Crippen LogP contribution in [0.4, 0.5) is 46.0 Å². The maximum Gasteiger partial charge on any atom is 2.00 e. The van der Waals surface area contributed by atoms with E-state index >= 15 is 0 Å². The third-order valence-electron chi connectivity index (χ3n) is 9.39. The van der Waals surface area contributed by atoms with E-state index in [1.165, 1.54) is 37.3 Å². The molecule has 3 N–H and O–H groups in total. The number of anilines is 4. The Morgan fingerprint density at radius 3 is 1.88 bits per heavy atom. The molecule has 6 rings (SSSR count). The van der Waals surface area contributed by atoms with Crippen LogP contribution in [-0.4, -0.2) is 108 Å². The van der Waals surface area contributed by atoms with Crippen LogP contribution in [0.3, 0.4) is 0 Å². The van der Waals surface area contributed by atoms with Gasteiger partial charge in [0.2, 0.25) is 27.6 Å². The molecule has 0 aliphatic heterocycles. The summed E-state index contributed by atoms with van der Waals surface area (Å²) >= 11 is 6.21. The van der Waals surface area contributed by atoms with E-state index < -0.39 is 134 Å². The van der Waals surface area contributed by atoms with Crippen LogP contribution in [0.5, 0.6) is 23.0 Å². The van der Waals surface area contributed by atoms with Crippen molar-refractivity contribution in [3.05, 3.63) is 78.1 Å². The zero-order valence-corrected chi connectivity index (χ0v) is 48.0. The van der Waals surface area contributed by atoms with Gasteiger partial charge in [0.1, 0.15) is 26.4 Å². The van der Waals surface area contributed by atoms with Crippen LogP contribution in [0.2, 0.25) is 5.28 Å². The number of sulfone groups is 1. The van der Waals surface area contributed by atoms with Crippen LogP contribution >= 0.6 is 11.6 Å². The van der Waals surface area contributed by atoms with Gasteiger partial charge >= 0.3 is 76.2 Å². The maximum atomic E-state index is 14.1. The van der Waals surface area contributed by atoms with Crippen LogP contribution in [0, 0.1) is 0 Å². The van der Waals surface area contributed by atoms with Gasteiger partial charge in [0.25, 0.3) is 20.2 Å². The largest absolute Gasteiger partial charge is 2.00 e. The van der Waals surface area contributed by atoms with Gasteiger partial charge in [-0.3, -0.25) is 13.3 Å². The number of benzene rings is 5. The summed E-state index contributed by atoms with van der Waals surface area (Å²) in [6.45, 7) is 0.595. The van der Waals surface area contributed by atoms with Crippen molar-refractivity contribution in [2.75, 3.05) is 43.3 Å². The average Bonchev–Trinajstić information content (AvgIpc) is 3.26. The normalized spacial score (nSPS) is 12.2. The molecule has 0 saturated carbocycles. The number of fused-ring (bicyclic) bond motifs is 1. The first kappa shape index (κ1) is 64.0. The number of hydrogen-bond acceptors (Lipinski definition) is 26. The number of methoxy groups -OCH3 is 2. The van der Waals surface area contributed by atoms with Gasteiger partial charge in [-0.15, -0.1) is 15.3 Å². The molecular formula is C37H30ClCuN9Na2O19S5. The minimum absolute atomic E-state index is 0. The Bertz CT molecular complexity index is 3780. The van der Waals surface area contributed by atoms with E-state index in [0.29, 0.717) is 12.1 Å². The first-order valence-corrected chi connectivity index (χ1v) is 26.7. The topological polar surface area (TPSA) is 434 Å². The molecule has 0 unspecified atom stereocenters. The van der Waals surface area contributed by atoms with Crippen molar-refractivity contribution < 1.29 is 160 Å². The zero-order chi connectivity index (χ0) is 52.4. The summed E-state index contributed by atoms with van der Waals surface area (Å²) in [6.07, 6.45) is 0. The maximum absolute atomic E-state index is 14.1. The smallest absolute Gasteiger partial charge is 0.871 e. The fraction of sp³-hybridized carbons (Fsp3) is 0.162. The molecule has 387 valence electrons. The molecule has 0 fully saturated rings. The predicted octanol–water partition coefficient (Wildman–Crippen LogP) is -1.77. The van der Waals surface area contributed by atoms with Gasteiger partial charge in [-0.1, -0.05) is 29.7 Å². The average molecular weight is 1210 g/mol. The van der Waals surface area contributed by atoms with Crippen molar-refractivity contribution in [1.29, 1.82) is 0 Å². The molecule has 5 aromatic carbocycles. The van der Waals surface area contributed by atoms with Crippen molar-refractivity contribution in [3.63, 3.8) is 0 Å². The van der Waals surface area contributed by atoms with Gasteiger partial charge in [-0.2, -0.15) is 36.9 Å². The van der Waals surface area contributed by atoms with E-state index in [-0.39, 0.29) is 116 Å². The zero-order valence-electron chi connectivity index (χ0n) is 38.2. The van der Waals surface area contributed by atoms with Crippen molar-refractivity contribution in [2.45, 2.75) is 26.5 Å². The monoisotopic (exact) mass is 1210 g/mol.